The van der Waals surface area contributed by atoms with Gasteiger partial charge in [-0.15, -0.1) is 35.3 Å². The van der Waals surface area contributed by atoms with Gasteiger partial charge in [-0.3, -0.25) is 4.99 Å². The van der Waals surface area contributed by atoms with Crippen LogP contribution < -0.4 is 15.4 Å². The van der Waals surface area contributed by atoms with Crippen molar-refractivity contribution < 1.29 is 4.74 Å². The zero-order valence-corrected chi connectivity index (χ0v) is 17.5. The van der Waals surface area contributed by atoms with Gasteiger partial charge in [0.05, 0.1) is 17.8 Å². The molecule has 2 rings (SSSR count). The molecule has 0 radical (unpaired) electrons. The molecule has 24 heavy (non-hydrogen) atoms. The summed E-state index contributed by atoms with van der Waals surface area (Å²) >= 11 is 1.73. The van der Waals surface area contributed by atoms with E-state index in [9.17, 15) is 0 Å². The summed E-state index contributed by atoms with van der Waals surface area (Å²) < 4.78 is 5.16. The molecule has 2 aromatic rings. The summed E-state index contributed by atoms with van der Waals surface area (Å²) in [6, 6.07) is 8.00. The van der Waals surface area contributed by atoms with E-state index >= 15 is 0 Å². The number of nitrogens with one attached hydrogen (secondary N) is 2. The molecule has 0 spiro atoms. The fourth-order valence-corrected chi connectivity index (χ4v) is 2.86. The third kappa shape index (κ3) is 6.64. The molecule has 0 aliphatic rings. The molecular formula is C17H25IN4OS. The lowest BCUT2D eigenvalue weighted by Gasteiger charge is -2.11. The number of rotatable bonds is 7. The van der Waals surface area contributed by atoms with Crippen molar-refractivity contribution in [3.63, 3.8) is 0 Å². The fraction of sp³-hybridized carbons (Fsp3) is 0.412. The number of guanidine groups is 1. The van der Waals surface area contributed by atoms with Crippen molar-refractivity contribution >= 4 is 41.3 Å². The van der Waals surface area contributed by atoms with Gasteiger partial charge in [0.2, 0.25) is 0 Å². The number of aliphatic imine (C=N–C) groups is 1. The molecule has 0 fully saturated rings. The molecule has 0 saturated heterocycles. The molecule has 0 unspecified atom stereocenters. The van der Waals surface area contributed by atoms with Gasteiger partial charge in [-0.2, -0.15) is 0 Å². The summed E-state index contributed by atoms with van der Waals surface area (Å²) in [5.74, 6) is 1.66. The van der Waals surface area contributed by atoms with Gasteiger partial charge in [0, 0.05) is 31.9 Å². The van der Waals surface area contributed by atoms with E-state index in [0.717, 1.165) is 43.3 Å². The van der Waals surface area contributed by atoms with Crippen molar-refractivity contribution in [2.45, 2.75) is 26.3 Å². The second-order valence-electron chi connectivity index (χ2n) is 5.04. The standard InChI is InChI=1S/C17H24N4OS.HI/c1-4-16-21-14(12-23-16)9-10-19-17(18-2)20-11-13-5-7-15(22-3)8-6-13;/h5-8,12H,4,9-11H2,1-3H3,(H2,18,19,20);1H. The monoisotopic (exact) mass is 460 g/mol. The number of methoxy groups -OCH3 is 1. The number of aromatic nitrogens is 1. The largest absolute Gasteiger partial charge is 0.497 e. The van der Waals surface area contributed by atoms with Crippen molar-refractivity contribution in [3.05, 3.63) is 45.9 Å². The molecule has 132 valence electrons. The maximum absolute atomic E-state index is 5.16. The number of hydrogen-bond donors (Lipinski definition) is 2. The van der Waals surface area contributed by atoms with Crippen LogP contribution in [0.5, 0.6) is 5.75 Å². The summed E-state index contributed by atoms with van der Waals surface area (Å²) in [5, 5.41) is 9.95. The predicted molar refractivity (Wildman–Crippen MR) is 112 cm³/mol. The first kappa shape index (κ1) is 20.7. The van der Waals surface area contributed by atoms with E-state index in [1.165, 1.54) is 10.6 Å². The highest BCUT2D eigenvalue weighted by molar-refractivity contribution is 14.0. The van der Waals surface area contributed by atoms with Crippen LogP contribution in [-0.2, 0) is 19.4 Å². The zero-order chi connectivity index (χ0) is 16.5. The lowest BCUT2D eigenvalue weighted by Crippen LogP contribution is -2.37. The third-order valence-corrected chi connectivity index (χ3v) is 4.46. The number of aryl methyl sites for hydroxylation is 1. The fourth-order valence-electron chi connectivity index (χ4n) is 2.08. The molecule has 0 amide bonds. The molecule has 0 bridgehead atoms. The van der Waals surface area contributed by atoms with E-state index in [1.54, 1.807) is 25.5 Å². The average molecular weight is 460 g/mol. The SMILES string of the molecule is CCc1nc(CCNC(=NC)NCc2ccc(OC)cc2)cs1.I. The number of benzene rings is 1. The number of ether oxygens (including phenoxy) is 1. The summed E-state index contributed by atoms with van der Waals surface area (Å²) in [5.41, 5.74) is 2.32. The van der Waals surface area contributed by atoms with E-state index in [1.807, 2.05) is 24.3 Å². The molecule has 0 saturated carbocycles. The Balaban J connectivity index is 0.00000288. The Hall–Kier alpha value is -1.35. The lowest BCUT2D eigenvalue weighted by atomic mass is 10.2. The lowest BCUT2D eigenvalue weighted by molar-refractivity contribution is 0.414. The summed E-state index contributed by atoms with van der Waals surface area (Å²) in [7, 11) is 3.45. The normalized spacial score (nSPS) is 10.9. The number of halogens is 1. The zero-order valence-electron chi connectivity index (χ0n) is 14.3. The number of nitrogens with zero attached hydrogens (tertiary/aromatic N) is 2. The van der Waals surface area contributed by atoms with Crippen molar-refractivity contribution in [2.75, 3.05) is 20.7 Å². The van der Waals surface area contributed by atoms with Crippen LogP contribution in [0.2, 0.25) is 0 Å². The van der Waals surface area contributed by atoms with E-state index in [0.29, 0.717) is 0 Å². The molecule has 1 aromatic carbocycles. The second kappa shape index (κ2) is 11.2. The van der Waals surface area contributed by atoms with Crippen LogP contribution in [0.4, 0.5) is 0 Å². The Morgan fingerprint density at radius 2 is 2.00 bits per heavy atom. The summed E-state index contributed by atoms with van der Waals surface area (Å²) in [4.78, 5) is 8.81. The minimum atomic E-state index is 0. The Morgan fingerprint density at radius 3 is 2.58 bits per heavy atom. The second-order valence-corrected chi connectivity index (χ2v) is 5.98. The Kier molecular flexibility index (Phi) is 9.70. The average Bonchev–Trinajstić information content (AvgIpc) is 3.06. The van der Waals surface area contributed by atoms with Gasteiger partial charge >= 0.3 is 0 Å². The smallest absolute Gasteiger partial charge is 0.191 e. The molecule has 0 atom stereocenters. The van der Waals surface area contributed by atoms with Gasteiger partial charge in [-0.1, -0.05) is 19.1 Å². The highest BCUT2D eigenvalue weighted by Crippen LogP contribution is 2.11. The summed E-state index contributed by atoms with van der Waals surface area (Å²) in [6.07, 6.45) is 1.91. The highest BCUT2D eigenvalue weighted by Gasteiger charge is 2.02. The van der Waals surface area contributed by atoms with Crippen LogP contribution in [0.15, 0.2) is 34.6 Å². The van der Waals surface area contributed by atoms with Crippen molar-refractivity contribution in [3.8, 4) is 5.75 Å². The van der Waals surface area contributed by atoms with Crippen molar-refractivity contribution in [2.24, 2.45) is 4.99 Å². The van der Waals surface area contributed by atoms with E-state index in [4.69, 9.17) is 4.74 Å². The van der Waals surface area contributed by atoms with Crippen LogP contribution in [0.3, 0.4) is 0 Å². The predicted octanol–water partition coefficient (Wildman–Crippen LogP) is 3.24. The van der Waals surface area contributed by atoms with Crippen LogP contribution >= 0.6 is 35.3 Å². The molecule has 2 N–H and O–H groups in total. The van der Waals surface area contributed by atoms with Crippen LogP contribution in [0, 0.1) is 0 Å². The first-order valence-electron chi connectivity index (χ1n) is 7.76. The molecule has 0 aliphatic carbocycles. The molecular weight excluding hydrogens is 435 g/mol. The van der Waals surface area contributed by atoms with E-state index < -0.39 is 0 Å². The first-order valence-corrected chi connectivity index (χ1v) is 8.63. The highest BCUT2D eigenvalue weighted by atomic mass is 127. The molecule has 0 aliphatic heterocycles. The van der Waals surface area contributed by atoms with Gasteiger partial charge < -0.3 is 15.4 Å². The van der Waals surface area contributed by atoms with E-state index in [-0.39, 0.29) is 24.0 Å². The van der Waals surface area contributed by atoms with Crippen molar-refractivity contribution in [1.82, 2.24) is 15.6 Å². The van der Waals surface area contributed by atoms with Crippen molar-refractivity contribution in [1.29, 1.82) is 0 Å². The minimum absolute atomic E-state index is 0. The van der Waals surface area contributed by atoms with Crippen LogP contribution in [-0.4, -0.2) is 31.6 Å². The maximum atomic E-state index is 5.16. The molecule has 1 heterocycles. The van der Waals surface area contributed by atoms with Gasteiger partial charge in [0.15, 0.2) is 5.96 Å². The molecule has 7 heteroatoms. The minimum Gasteiger partial charge on any atom is -0.497 e. The van der Waals surface area contributed by atoms with Crippen LogP contribution in [0.25, 0.3) is 0 Å². The van der Waals surface area contributed by atoms with Gasteiger partial charge in [0.25, 0.3) is 0 Å². The van der Waals surface area contributed by atoms with Crippen LogP contribution in [0.1, 0.15) is 23.2 Å². The topological polar surface area (TPSA) is 58.5 Å². The summed E-state index contributed by atoms with van der Waals surface area (Å²) in [6.45, 7) is 3.67. The Labute approximate surface area is 165 Å². The molecule has 5 nitrogen and oxygen atoms in total. The van der Waals surface area contributed by atoms with Gasteiger partial charge in [-0.25, -0.2) is 4.98 Å². The van der Waals surface area contributed by atoms with E-state index in [2.05, 4.69) is 32.9 Å². The number of hydrogen-bond acceptors (Lipinski definition) is 4. The first-order chi connectivity index (χ1) is 11.2. The van der Waals surface area contributed by atoms with Gasteiger partial charge in [-0.05, 0) is 24.1 Å². The third-order valence-electron chi connectivity index (χ3n) is 3.42. The number of thiazole rings is 1. The molecule has 1 aromatic heterocycles. The Morgan fingerprint density at radius 1 is 1.25 bits per heavy atom. The Bertz CT molecular complexity index is 628. The van der Waals surface area contributed by atoms with Gasteiger partial charge in [0.1, 0.15) is 5.75 Å². The maximum Gasteiger partial charge on any atom is 0.191 e. The quantitative estimate of drug-likeness (QED) is 0.379.